The van der Waals surface area contributed by atoms with Crippen LogP contribution in [0.15, 0.2) is 66.7 Å². The van der Waals surface area contributed by atoms with E-state index < -0.39 is 0 Å². The van der Waals surface area contributed by atoms with Crippen LogP contribution in [0.25, 0.3) is 6.08 Å². The number of fused-ring (bicyclic) bond motifs is 1. The van der Waals surface area contributed by atoms with Gasteiger partial charge in [0.2, 0.25) is 5.91 Å². The SMILES string of the molecule is Cc1ccc(OCCCN2C(=O)COc3ccc(NC(=O)/C=C/c4ccc(Cl)cc4Cl)cc32)cc1. The zero-order valence-electron chi connectivity index (χ0n) is 19.1. The van der Waals surface area contributed by atoms with E-state index in [9.17, 15) is 9.59 Å². The van der Waals surface area contributed by atoms with Gasteiger partial charge in [-0.2, -0.15) is 0 Å². The molecule has 6 nitrogen and oxygen atoms in total. The summed E-state index contributed by atoms with van der Waals surface area (Å²) in [6.45, 7) is 2.93. The molecule has 3 aromatic rings. The maximum atomic E-state index is 12.5. The number of hydrogen-bond acceptors (Lipinski definition) is 4. The number of nitrogens with zero attached hydrogens (tertiary/aromatic N) is 1. The Kier molecular flexibility index (Phi) is 7.95. The van der Waals surface area contributed by atoms with Gasteiger partial charge in [0.1, 0.15) is 11.5 Å². The van der Waals surface area contributed by atoms with Crippen molar-refractivity contribution in [2.75, 3.05) is 30.0 Å². The zero-order chi connectivity index (χ0) is 24.8. The highest BCUT2D eigenvalue weighted by atomic mass is 35.5. The van der Waals surface area contributed by atoms with Crippen LogP contribution in [0.2, 0.25) is 10.0 Å². The van der Waals surface area contributed by atoms with Crippen LogP contribution in [0.5, 0.6) is 11.5 Å². The molecule has 0 aromatic heterocycles. The molecule has 1 aliphatic rings. The molecule has 0 bridgehead atoms. The van der Waals surface area contributed by atoms with E-state index in [-0.39, 0.29) is 18.4 Å². The van der Waals surface area contributed by atoms with Gasteiger partial charge in [0, 0.05) is 28.4 Å². The van der Waals surface area contributed by atoms with Gasteiger partial charge in [0.05, 0.1) is 12.3 Å². The minimum absolute atomic E-state index is 0.0257. The van der Waals surface area contributed by atoms with Gasteiger partial charge in [-0.15, -0.1) is 0 Å². The van der Waals surface area contributed by atoms with E-state index in [0.717, 1.165) is 5.75 Å². The van der Waals surface area contributed by atoms with Crippen LogP contribution in [0.4, 0.5) is 11.4 Å². The van der Waals surface area contributed by atoms with Crippen molar-refractivity contribution >= 4 is 52.5 Å². The molecule has 1 heterocycles. The number of anilines is 2. The number of carbonyl (C=O) groups excluding carboxylic acids is 2. The van der Waals surface area contributed by atoms with Crippen LogP contribution < -0.4 is 19.7 Å². The average Bonchev–Trinajstić information content (AvgIpc) is 2.83. The standard InChI is InChI=1S/C27H24Cl2N2O4/c1-18-3-9-22(10-4-18)34-14-2-13-31-24-16-21(8-11-25(24)35-17-27(31)33)30-26(32)12-6-19-5-7-20(28)15-23(19)29/h3-12,15-16H,2,13-14,17H2,1H3,(H,30,32)/b12-6+. The Hall–Kier alpha value is -3.48. The van der Waals surface area contributed by atoms with Crippen LogP contribution in [-0.4, -0.2) is 31.6 Å². The predicted octanol–water partition coefficient (Wildman–Crippen LogP) is 6.15. The van der Waals surface area contributed by atoms with Gasteiger partial charge in [-0.05, 0) is 67.4 Å². The number of benzene rings is 3. The number of carbonyl (C=O) groups is 2. The smallest absolute Gasteiger partial charge is 0.265 e. The number of hydrogen-bond donors (Lipinski definition) is 1. The van der Waals surface area contributed by atoms with Gasteiger partial charge >= 0.3 is 0 Å². The van der Waals surface area contributed by atoms with Gasteiger partial charge < -0.3 is 19.7 Å². The van der Waals surface area contributed by atoms with Crippen molar-refractivity contribution in [3.63, 3.8) is 0 Å². The molecule has 0 aliphatic carbocycles. The van der Waals surface area contributed by atoms with Gasteiger partial charge in [0.15, 0.2) is 6.61 Å². The molecular formula is C27H24Cl2N2O4. The first kappa shape index (κ1) is 24.6. The summed E-state index contributed by atoms with van der Waals surface area (Å²) in [7, 11) is 0. The molecule has 3 aromatic carbocycles. The van der Waals surface area contributed by atoms with Crippen molar-refractivity contribution < 1.29 is 19.1 Å². The quantitative estimate of drug-likeness (QED) is 0.291. The Morgan fingerprint density at radius 1 is 1.11 bits per heavy atom. The highest BCUT2D eigenvalue weighted by Gasteiger charge is 2.25. The Bertz CT molecular complexity index is 1260. The second kappa shape index (κ2) is 11.3. The lowest BCUT2D eigenvalue weighted by atomic mass is 10.2. The van der Waals surface area contributed by atoms with Gasteiger partial charge in [-0.1, -0.05) is 47.0 Å². The summed E-state index contributed by atoms with van der Waals surface area (Å²) < 4.78 is 11.3. The Morgan fingerprint density at radius 3 is 2.69 bits per heavy atom. The molecule has 0 unspecified atom stereocenters. The molecule has 4 rings (SSSR count). The van der Waals surface area contributed by atoms with Crippen LogP contribution in [0, 0.1) is 6.92 Å². The summed E-state index contributed by atoms with van der Waals surface area (Å²) in [4.78, 5) is 26.7. The largest absolute Gasteiger partial charge is 0.494 e. The van der Waals surface area contributed by atoms with Gasteiger partial charge in [-0.25, -0.2) is 0 Å². The van der Waals surface area contributed by atoms with Crippen molar-refractivity contribution in [3.8, 4) is 11.5 Å². The first-order valence-electron chi connectivity index (χ1n) is 11.1. The molecule has 0 atom stereocenters. The predicted molar refractivity (Wildman–Crippen MR) is 140 cm³/mol. The van der Waals surface area contributed by atoms with E-state index in [1.165, 1.54) is 11.6 Å². The summed E-state index contributed by atoms with van der Waals surface area (Å²) in [6.07, 6.45) is 3.63. The lowest BCUT2D eigenvalue weighted by molar-refractivity contribution is -0.121. The molecule has 0 saturated carbocycles. The number of aryl methyl sites for hydroxylation is 1. The van der Waals surface area contributed by atoms with Crippen LogP contribution >= 0.6 is 23.2 Å². The Labute approximate surface area is 214 Å². The van der Waals surface area contributed by atoms with Crippen molar-refractivity contribution in [2.45, 2.75) is 13.3 Å². The lowest BCUT2D eigenvalue weighted by Gasteiger charge is -2.29. The fourth-order valence-electron chi connectivity index (χ4n) is 3.56. The number of ether oxygens (including phenoxy) is 2. The van der Waals surface area contributed by atoms with E-state index in [0.29, 0.717) is 52.3 Å². The van der Waals surface area contributed by atoms with Crippen LogP contribution in [0.3, 0.4) is 0 Å². The van der Waals surface area contributed by atoms with Gasteiger partial charge in [-0.3, -0.25) is 9.59 Å². The molecule has 8 heteroatoms. The van der Waals surface area contributed by atoms with E-state index in [4.69, 9.17) is 32.7 Å². The first-order valence-corrected chi connectivity index (χ1v) is 11.9. The third-order valence-corrected chi connectivity index (χ3v) is 5.92. The number of nitrogens with one attached hydrogen (secondary N) is 1. The number of amides is 2. The lowest BCUT2D eigenvalue weighted by Crippen LogP contribution is -2.39. The third-order valence-electron chi connectivity index (χ3n) is 5.36. The summed E-state index contributed by atoms with van der Waals surface area (Å²) in [5.74, 6) is 0.901. The molecule has 1 aliphatic heterocycles. The monoisotopic (exact) mass is 510 g/mol. The van der Waals surface area contributed by atoms with E-state index >= 15 is 0 Å². The maximum absolute atomic E-state index is 12.5. The van der Waals surface area contributed by atoms with Crippen molar-refractivity contribution in [2.24, 2.45) is 0 Å². The summed E-state index contributed by atoms with van der Waals surface area (Å²) in [6, 6.07) is 18.1. The summed E-state index contributed by atoms with van der Waals surface area (Å²) >= 11 is 12.1. The minimum atomic E-state index is -0.336. The first-order chi connectivity index (χ1) is 16.9. The minimum Gasteiger partial charge on any atom is -0.494 e. The number of rotatable bonds is 8. The van der Waals surface area contributed by atoms with Crippen molar-refractivity contribution in [1.29, 1.82) is 0 Å². The highest BCUT2D eigenvalue weighted by Crippen LogP contribution is 2.34. The fourth-order valence-corrected chi connectivity index (χ4v) is 4.03. The molecule has 0 radical (unpaired) electrons. The van der Waals surface area contributed by atoms with Crippen LogP contribution in [-0.2, 0) is 9.59 Å². The Morgan fingerprint density at radius 2 is 1.91 bits per heavy atom. The third kappa shape index (κ3) is 6.56. The molecular weight excluding hydrogens is 487 g/mol. The van der Waals surface area contributed by atoms with Crippen molar-refractivity contribution in [3.05, 3.63) is 87.9 Å². The molecule has 1 N–H and O–H groups in total. The molecule has 180 valence electrons. The van der Waals surface area contributed by atoms with Crippen molar-refractivity contribution in [1.82, 2.24) is 0 Å². The molecule has 35 heavy (non-hydrogen) atoms. The maximum Gasteiger partial charge on any atom is 0.265 e. The normalized spacial score (nSPS) is 12.9. The topological polar surface area (TPSA) is 67.9 Å². The Balaban J connectivity index is 1.38. The zero-order valence-corrected chi connectivity index (χ0v) is 20.6. The van der Waals surface area contributed by atoms with Crippen LogP contribution in [0.1, 0.15) is 17.5 Å². The average molecular weight is 511 g/mol. The number of halogens is 2. The molecule has 0 spiro atoms. The van der Waals surface area contributed by atoms with Gasteiger partial charge in [0.25, 0.3) is 5.91 Å². The summed E-state index contributed by atoms with van der Waals surface area (Å²) in [5, 5.41) is 3.78. The molecule has 0 fully saturated rings. The highest BCUT2D eigenvalue weighted by molar-refractivity contribution is 6.35. The van der Waals surface area contributed by atoms with E-state index in [1.807, 2.05) is 31.2 Å². The molecule has 0 saturated heterocycles. The summed E-state index contributed by atoms with van der Waals surface area (Å²) in [5.41, 5.74) is 2.99. The fraction of sp³-hybridized carbons (Fsp3) is 0.185. The second-order valence-electron chi connectivity index (χ2n) is 8.02. The molecule has 2 amide bonds. The second-order valence-corrected chi connectivity index (χ2v) is 8.86. The van der Waals surface area contributed by atoms with E-state index in [2.05, 4.69) is 5.32 Å². The van der Waals surface area contributed by atoms with E-state index in [1.54, 1.807) is 47.4 Å².